The summed E-state index contributed by atoms with van der Waals surface area (Å²) in [6.45, 7) is 4.31. The molecule has 0 aliphatic carbocycles. The molecule has 2 aromatic heterocycles. The Morgan fingerprint density at radius 2 is 2.04 bits per heavy atom. The lowest BCUT2D eigenvalue weighted by Gasteiger charge is -2.15. The fourth-order valence-corrected chi connectivity index (χ4v) is 2.71. The topological polar surface area (TPSA) is 72.1 Å². The molecule has 1 aromatic carbocycles. The first kappa shape index (κ1) is 16.8. The Kier molecular flexibility index (Phi) is 5.18. The van der Waals surface area contributed by atoms with Crippen LogP contribution >= 0.6 is 0 Å². The molecule has 0 aliphatic rings. The van der Waals surface area contributed by atoms with Crippen molar-refractivity contribution in [1.29, 1.82) is 0 Å². The number of para-hydroxylation sites is 1. The van der Waals surface area contributed by atoms with E-state index in [9.17, 15) is 4.79 Å². The second-order valence-corrected chi connectivity index (χ2v) is 6.04. The summed E-state index contributed by atoms with van der Waals surface area (Å²) in [7, 11) is 0. The maximum Gasteiger partial charge on any atom is 0.315 e. The van der Waals surface area contributed by atoms with Crippen molar-refractivity contribution in [2.24, 2.45) is 0 Å². The minimum Gasteiger partial charge on any atom is -0.467 e. The molecule has 0 spiro atoms. The minimum absolute atomic E-state index is 0.0323. The fourth-order valence-electron chi connectivity index (χ4n) is 2.71. The van der Waals surface area contributed by atoms with Crippen molar-refractivity contribution in [2.45, 2.75) is 32.9 Å². The molecule has 130 valence electrons. The van der Waals surface area contributed by atoms with E-state index < -0.39 is 0 Å². The Balaban J connectivity index is 1.59. The van der Waals surface area contributed by atoms with Crippen molar-refractivity contribution in [3.8, 4) is 5.69 Å². The second kappa shape index (κ2) is 7.70. The van der Waals surface area contributed by atoms with Crippen molar-refractivity contribution in [3.05, 3.63) is 71.9 Å². The Morgan fingerprint density at radius 1 is 1.24 bits per heavy atom. The standard InChI is InChI=1S/C19H22N4O2/c1-14(21-19(24)20-13-18-9-6-10-25-18)11-17-12-15(2)22-23(17)16-7-4-3-5-8-16/h3-10,12,14H,11,13H2,1-2H3,(H2,20,21,24). The SMILES string of the molecule is Cc1cc(CC(C)NC(=O)NCc2ccco2)n(-c2ccccc2)n1. The molecular weight excluding hydrogens is 316 g/mol. The summed E-state index contributed by atoms with van der Waals surface area (Å²) in [6.07, 6.45) is 2.27. The van der Waals surface area contributed by atoms with Crippen molar-refractivity contribution in [2.75, 3.05) is 0 Å². The molecule has 0 radical (unpaired) electrons. The number of aromatic nitrogens is 2. The van der Waals surface area contributed by atoms with E-state index in [-0.39, 0.29) is 12.1 Å². The molecule has 1 unspecified atom stereocenters. The van der Waals surface area contributed by atoms with Gasteiger partial charge in [-0.1, -0.05) is 18.2 Å². The summed E-state index contributed by atoms with van der Waals surface area (Å²) >= 11 is 0. The largest absolute Gasteiger partial charge is 0.467 e. The Morgan fingerprint density at radius 3 is 2.76 bits per heavy atom. The number of furan rings is 1. The van der Waals surface area contributed by atoms with Gasteiger partial charge >= 0.3 is 6.03 Å². The summed E-state index contributed by atoms with van der Waals surface area (Å²) in [6, 6.07) is 15.4. The fraction of sp³-hybridized carbons (Fsp3) is 0.263. The molecule has 3 rings (SSSR count). The number of rotatable bonds is 6. The molecule has 0 saturated heterocycles. The quantitative estimate of drug-likeness (QED) is 0.725. The van der Waals surface area contributed by atoms with E-state index in [1.165, 1.54) is 0 Å². The zero-order valence-electron chi connectivity index (χ0n) is 14.4. The third-order valence-corrected chi connectivity index (χ3v) is 3.80. The molecule has 2 amide bonds. The predicted octanol–water partition coefficient (Wildman–Crippen LogP) is 3.20. The molecule has 6 heteroatoms. The summed E-state index contributed by atoms with van der Waals surface area (Å²) in [5, 5.41) is 10.3. The van der Waals surface area contributed by atoms with Gasteiger partial charge in [0.1, 0.15) is 5.76 Å². The number of aryl methyl sites for hydroxylation is 1. The van der Waals surface area contributed by atoms with Crippen LogP contribution < -0.4 is 10.6 Å². The number of nitrogens with zero attached hydrogens (tertiary/aromatic N) is 2. The third kappa shape index (κ3) is 4.50. The Hall–Kier alpha value is -3.02. The van der Waals surface area contributed by atoms with Gasteiger partial charge in [-0.25, -0.2) is 9.48 Å². The van der Waals surface area contributed by atoms with Gasteiger partial charge in [-0.15, -0.1) is 0 Å². The van der Waals surface area contributed by atoms with Gasteiger partial charge in [0, 0.05) is 18.2 Å². The molecular formula is C19H22N4O2. The summed E-state index contributed by atoms with van der Waals surface area (Å²) in [4.78, 5) is 12.0. The minimum atomic E-state index is -0.216. The summed E-state index contributed by atoms with van der Waals surface area (Å²) in [5.41, 5.74) is 3.02. The number of nitrogens with one attached hydrogen (secondary N) is 2. The Bertz CT molecular complexity index is 809. The Labute approximate surface area is 146 Å². The van der Waals surface area contributed by atoms with Crippen LogP contribution in [-0.4, -0.2) is 21.9 Å². The van der Waals surface area contributed by atoms with Crippen molar-refractivity contribution < 1.29 is 9.21 Å². The molecule has 3 aromatic rings. The highest BCUT2D eigenvalue weighted by Gasteiger charge is 2.13. The normalized spacial score (nSPS) is 11.9. The lowest BCUT2D eigenvalue weighted by Crippen LogP contribution is -2.41. The van der Waals surface area contributed by atoms with Gasteiger partial charge in [0.15, 0.2) is 0 Å². The highest BCUT2D eigenvalue weighted by atomic mass is 16.3. The maximum atomic E-state index is 12.0. The van der Waals surface area contributed by atoms with Crippen LogP contribution in [0.25, 0.3) is 5.69 Å². The second-order valence-electron chi connectivity index (χ2n) is 6.04. The molecule has 0 bridgehead atoms. The first-order valence-electron chi connectivity index (χ1n) is 8.29. The van der Waals surface area contributed by atoms with Gasteiger partial charge in [0.2, 0.25) is 0 Å². The van der Waals surface area contributed by atoms with Gasteiger partial charge < -0.3 is 15.1 Å². The third-order valence-electron chi connectivity index (χ3n) is 3.80. The molecule has 2 N–H and O–H groups in total. The van der Waals surface area contributed by atoms with Gasteiger partial charge in [0.25, 0.3) is 0 Å². The molecule has 0 saturated carbocycles. The van der Waals surface area contributed by atoms with E-state index >= 15 is 0 Å². The number of hydrogen-bond acceptors (Lipinski definition) is 3. The molecule has 2 heterocycles. The highest BCUT2D eigenvalue weighted by Crippen LogP contribution is 2.14. The van der Waals surface area contributed by atoms with Crippen LogP contribution in [0.3, 0.4) is 0 Å². The number of amides is 2. The predicted molar refractivity (Wildman–Crippen MR) is 95.5 cm³/mol. The number of hydrogen-bond donors (Lipinski definition) is 2. The van der Waals surface area contributed by atoms with Gasteiger partial charge in [-0.2, -0.15) is 5.10 Å². The summed E-state index contributed by atoms with van der Waals surface area (Å²) < 4.78 is 7.12. The molecule has 6 nitrogen and oxygen atoms in total. The zero-order chi connectivity index (χ0) is 17.6. The van der Waals surface area contributed by atoms with Gasteiger partial charge in [-0.3, -0.25) is 0 Å². The number of carbonyl (C=O) groups is 1. The lowest BCUT2D eigenvalue weighted by atomic mass is 10.1. The van der Waals surface area contributed by atoms with Crippen molar-refractivity contribution in [3.63, 3.8) is 0 Å². The number of urea groups is 1. The van der Waals surface area contributed by atoms with E-state index in [0.717, 1.165) is 22.8 Å². The van der Waals surface area contributed by atoms with Crippen LogP contribution in [0, 0.1) is 6.92 Å². The number of carbonyl (C=O) groups excluding carboxylic acids is 1. The van der Waals surface area contributed by atoms with Crippen molar-refractivity contribution >= 4 is 6.03 Å². The van der Waals surface area contributed by atoms with Crippen LogP contribution in [0.5, 0.6) is 0 Å². The van der Waals surface area contributed by atoms with Gasteiger partial charge in [0.05, 0.1) is 24.2 Å². The zero-order valence-corrected chi connectivity index (χ0v) is 14.4. The maximum absolute atomic E-state index is 12.0. The molecule has 0 aliphatic heterocycles. The lowest BCUT2D eigenvalue weighted by molar-refractivity contribution is 0.236. The first-order chi connectivity index (χ1) is 12.1. The van der Waals surface area contributed by atoms with Crippen LogP contribution in [0.2, 0.25) is 0 Å². The van der Waals surface area contributed by atoms with E-state index in [1.54, 1.807) is 12.3 Å². The van der Waals surface area contributed by atoms with E-state index in [2.05, 4.69) is 15.7 Å². The van der Waals surface area contributed by atoms with Crippen LogP contribution in [-0.2, 0) is 13.0 Å². The average molecular weight is 338 g/mol. The van der Waals surface area contributed by atoms with Crippen LogP contribution in [0.15, 0.2) is 59.2 Å². The monoisotopic (exact) mass is 338 g/mol. The van der Waals surface area contributed by atoms with Crippen LogP contribution in [0.4, 0.5) is 4.79 Å². The molecule has 1 atom stereocenters. The summed E-state index contributed by atoms with van der Waals surface area (Å²) in [5.74, 6) is 0.723. The first-order valence-corrected chi connectivity index (χ1v) is 8.29. The average Bonchev–Trinajstić information content (AvgIpc) is 3.23. The van der Waals surface area contributed by atoms with E-state index in [0.29, 0.717) is 13.0 Å². The van der Waals surface area contributed by atoms with Crippen molar-refractivity contribution in [1.82, 2.24) is 20.4 Å². The molecule has 0 fully saturated rings. The van der Waals surface area contributed by atoms with Gasteiger partial charge in [-0.05, 0) is 44.2 Å². The van der Waals surface area contributed by atoms with E-state index in [4.69, 9.17) is 4.42 Å². The molecule has 25 heavy (non-hydrogen) atoms. The smallest absolute Gasteiger partial charge is 0.315 e. The van der Waals surface area contributed by atoms with E-state index in [1.807, 2.05) is 61.0 Å². The number of benzene rings is 1. The van der Waals surface area contributed by atoms with Crippen LogP contribution in [0.1, 0.15) is 24.1 Å². The highest BCUT2D eigenvalue weighted by molar-refractivity contribution is 5.74.